The Morgan fingerprint density at radius 3 is 2.58 bits per heavy atom. The van der Waals surface area contributed by atoms with Crippen molar-refractivity contribution in [1.29, 1.82) is 0 Å². The zero-order valence-electron chi connectivity index (χ0n) is 11.8. The van der Waals surface area contributed by atoms with Crippen molar-refractivity contribution in [3.63, 3.8) is 0 Å². The van der Waals surface area contributed by atoms with E-state index in [1.54, 1.807) is 0 Å². The number of nitrogens with one attached hydrogen (secondary N) is 1. The summed E-state index contributed by atoms with van der Waals surface area (Å²) in [7, 11) is 0. The number of amides is 1. The van der Waals surface area contributed by atoms with Crippen molar-refractivity contribution in [2.45, 2.75) is 27.2 Å². The lowest BCUT2D eigenvalue weighted by atomic mass is 10.0. The molecular weight excluding hydrogens is 258 g/mol. The summed E-state index contributed by atoms with van der Waals surface area (Å²) in [5.41, 5.74) is 2.91. The molecule has 1 N–H and O–H groups in total. The minimum Gasteiger partial charge on any atom is -0.355 e. The van der Waals surface area contributed by atoms with E-state index >= 15 is 0 Å². The maximum Gasteiger partial charge on any atom is 0.230 e. The fourth-order valence-corrected chi connectivity index (χ4v) is 2.49. The van der Waals surface area contributed by atoms with Crippen LogP contribution in [0.3, 0.4) is 0 Å². The first-order valence-corrected chi connectivity index (χ1v) is 7.65. The maximum absolute atomic E-state index is 12.0. The average Bonchev–Trinajstić information content (AvgIpc) is 2.36. The summed E-state index contributed by atoms with van der Waals surface area (Å²) in [4.78, 5) is 23.4. The number of hydrogen-bond acceptors (Lipinski definition) is 3. The third kappa shape index (κ3) is 5.47. The second kappa shape index (κ2) is 8.00. The van der Waals surface area contributed by atoms with Gasteiger partial charge in [0.15, 0.2) is 5.78 Å². The summed E-state index contributed by atoms with van der Waals surface area (Å²) >= 11 is 1.37. The van der Waals surface area contributed by atoms with Crippen molar-refractivity contribution in [2.75, 3.05) is 18.1 Å². The Bertz CT molecular complexity index is 457. The molecule has 0 aliphatic rings. The van der Waals surface area contributed by atoms with Crippen LogP contribution < -0.4 is 5.32 Å². The first-order chi connectivity index (χ1) is 9.04. The molecule has 0 aliphatic carbocycles. The number of rotatable bonds is 7. The predicted octanol–water partition coefficient (Wildman–Crippen LogP) is 2.75. The SMILES string of the molecule is CCCNC(=O)CSCC(=O)c1ccc(C)cc1C. The number of carbonyl (C=O) groups excluding carboxylic acids is 2. The van der Waals surface area contributed by atoms with Crippen LogP contribution in [0.4, 0.5) is 0 Å². The van der Waals surface area contributed by atoms with E-state index in [-0.39, 0.29) is 11.7 Å². The Hall–Kier alpha value is -1.29. The summed E-state index contributed by atoms with van der Waals surface area (Å²) in [5, 5.41) is 2.79. The van der Waals surface area contributed by atoms with Gasteiger partial charge in [-0.25, -0.2) is 0 Å². The Morgan fingerprint density at radius 2 is 1.95 bits per heavy atom. The Labute approximate surface area is 119 Å². The second-order valence-corrected chi connectivity index (χ2v) is 5.57. The molecule has 0 atom stereocenters. The molecule has 0 unspecified atom stereocenters. The van der Waals surface area contributed by atoms with Crippen LogP contribution in [-0.4, -0.2) is 29.7 Å². The molecule has 0 aromatic heterocycles. The first kappa shape index (κ1) is 15.8. The van der Waals surface area contributed by atoms with E-state index in [4.69, 9.17) is 0 Å². The molecule has 0 aliphatic heterocycles. The smallest absolute Gasteiger partial charge is 0.230 e. The lowest BCUT2D eigenvalue weighted by Gasteiger charge is -2.06. The predicted molar refractivity (Wildman–Crippen MR) is 80.9 cm³/mol. The Balaban J connectivity index is 2.41. The summed E-state index contributed by atoms with van der Waals surface area (Å²) in [6, 6.07) is 5.81. The van der Waals surface area contributed by atoms with Crippen molar-refractivity contribution in [3.8, 4) is 0 Å². The van der Waals surface area contributed by atoms with E-state index in [2.05, 4.69) is 5.32 Å². The largest absolute Gasteiger partial charge is 0.355 e. The van der Waals surface area contributed by atoms with Crippen molar-refractivity contribution < 1.29 is 9.59 Å². The monoisotopic (exact) mass is 279 g/mol. The van der Waals surface area contributed by atoms with Gasteiger partial charge in [0.05, 0.1) is 11.5 Å². The molecule has 1 amide bonds. The van der Waals surface area contributed by atoms with Crippen molar-refractivity contribution in [2.24, 2.45) is 0 Å². The topological polar surface area (TPSA) is 46.2 Å². The lowest BCUT2D eigenvalue weighted by Crippen LogP contribution is -2.26. The molecule has 0 bridgehead atoms. The molecule has 19 heavy (non-hydrogen) atoms. The van der Waals surface area contributed by atoms with E-state index in [0.29, 0.717) is 18.1 Å². The molecule has 0 saturated heterocycles. The normalized spacial score (nSPS) is 10.3. The Morgan fingerprint density at radius 1 is 1.21 bits per heavy atom. The number of aryl methyl sites for hydroxylation is 2. The summed E-state index contributed by atoms with van der Waals surface area (Å²) in [6.45, 7) is 6.66. The molecular formula is C15H21NO2S. The highest BCUT2D eigenvalue weighted by molar-refractivity contribution is 8.00. The Kier molecular flexibility index (Phi) is 6.64. The lowest BCUT2D eigenvalue weighted by molar-refractivity contribution is -0.118. The fraction of sp³-hybridized carbons (Fsp3) is 0.467. The van der Waals surface area contributed by atoms with E-state index < -0.39 is 0 Å². The van der Waals surface area contributed by atoms with Gasteiger partial charge >= 0.3 is 0 Å². The molecule has 104 valence electrons. The van der Waals surface area contributed by atoms with E-state index in [1.807, 2.05) is 39.0 Å². The minimum atomic E-state index is 0.000257. The van der Waals surface area contributed by atoms with Gasteiger partial charge in [-0.3, -0.25) is 9.59 Å². The number of ketones is 1. The van der Waals surface area contributed by atoms with Crippen LogP contribution in [0.25, 0.3) is 0 Å². The van der Waals surface area contributed by atoms with Crippen LogP contribution in [0.1, 0.15) is 34.8 Å². The zero-order chi connectivity index (χ0) is 14.3. The molecule has 0 saturated carbocycles. The van der Waals surface area contributed by atoms with Gasteiger partial charge in [-0.15, -0.1) is 11.8 Å². The van der Waals surface area contributed by atoms with Gasteiger partial charge in [0, 0.05) is 12.1 Å². The average molecular weight is 279 g/mol. The highest BCUT2D eigenvalue weighted by Gasteiger charge is 2.10. The van der Waals surface area contributed by atoms with Gasteiger partial charge in [0.1, 0.15) is 0 Å². The number of thioether (sulfide) groups is 1. The van der Waals surface area contributed by atoms with Crippen LogP contribution in [-0.2, 0) is 4.79 Å². The van der Waals surface area contributed by atoms with Gasteiger partial charge in [0.2, 0.25) is 5.91 Å². The van der Waals surface area contributed by atoms with E-state index in [9.17, 15) is 9.59 Å². The molecule has 0 fully saturated rings. The van der Waals surface area contributed by atoms with Gasteiger partial charge in [0.25, 0.3) is 0 Å². The summed E-state index contributed by atoms with van der Waals surface area (Å²) in [6.07, 6.45) is 0.928. The molecule has 1 aromatic rings. The maximum atomic E-state index is 12.0. The number of hydrogen-bond donors (Lipinski definition) is 1. The van der Waals surface area contributed by atoms with Gasteiger partial charge < -0.3 is 5.32 Å². The van der Waals surface area contributed by atoms with Crippen LogP contribution in [0, 0.1) is 13.8 Å². The summed E-state index contributed by atoms with van der Waals surface area (Å²) in [5.74, 6) is 0.783. The standard InChI is InChI=1S/C15H21NO2S/c1-4-7-16-15(18)10-19-9-14(17)13-6-5-11(2)8-12(13)3/h5-6,8H,4,7,9-10H2,1-3H3,(H,16,18). The molecule has 1 rings (SSSR count). The third-order valence-corrected chi connectivity index (χ3v) is 3.65. The quantitative estimate of drug-likeness (QED) is 0.781. The number of benzene rings is 1. The molecule has 4 heteroatoms. The van der Waals surface area contributed by atoms with Crippen molar-refractivity contribution in [1.82, 2.24) is 5.32 Å². The zero-order valence-corrected chi connectivity index (χ0v) is 12.6. The molecule has 0 radical (unpaired) electrons. The second-order valence-electron chi connectivity index (χ2n) is 4.58. The van der Waals surface area contributed by atoms with Gasteiger partial charge in [-0.05, 0) is 25.8 Å². The van der Waals surface area contributed by atoms with Crippen LogP contribution in [0.2, 0.25) is 0 Å². The molecule has 1 aromatic carbocycles. The van der Waals surface area contributed by atoms with Crippen molar-refractivity contribution >= 4 is 23.5 Å². The highest BCUT2D eigenvalue weighted by atomic mass is 32.2. The fourth-order valence-electron chi connectivity index (χ4n) is 1.76. The first-order valence-electron chi connectivity index (χ1n) is 6.49. The molecule has 0 heterocycles. The van der Waals surface area contributed by atoms with E-state index in [1.165, 1.54) is 11.8 Å². The number of carbonyl (C=O) groups is 2. The van der Waals surface area contributed by atoms with Crippen LogP contribution >= 0.6 is 11.8 Å². The number of Topliss-reactive ketones (excluding diaryl/α,β-unsaturated/α-hetero) is 1. The van der Waals surface area contributed by atoms with Crippen LogP contribution in [0.15, 0.2) is 18.2 Å². The third-order valence-electron chi connectivity index (χ3n) is 2.72. The van der Waals surface area contributed by atoms with E-state index in [0.717, 1.165) is 23.1 Å². The van der Waals surface area contributed by atoms with Gasteiger partial charge in [-0.1, -0.05) is 30.7 Å². The van der Waals surface area contributed by atoms with Crippen molar-refractivity contribution in [3.05, 3.63) is 34.9 Å². The molecule has 0 spiro atoms. The highest BCUT2D eigenvalue weighted by Crippen LogP contribution is 2.13. The van der Waals surface area contributed by atoms with Crippen LogP contribution in [0.5, 0.6) is 0 Å². The molecule has 3 nitrogen and oxygen atoms in total. The minimum absolute atomic E-state index is 0.000257. The summed E-state index contributed by atoms with van der Waals surface area (Å²) < 4.78 is 0. The van der Waals surface area contributed by atoms with Gasteiger partial charge in [-0.2, -0.15) is 0 Å².